The van der Waals surface area contributed by atoms with Gasteiger partial charge in [0.05, 0.1) is 24.7 Å². The van der Waals surface area contributed by atoms with Crippen LogP contribution in [0.1, 0.15) is 38.5 Å². The van der Waals surface area contributed by atoms with E-state index in [2.05, 4.69) is 0 Å². The molecule has 1 heterocycles. The van der Waals surface area contributed by atoms with Gasteiger partial charge >= 0.3 is 5.97 Å². The minimum Gasteiger partial charge on any atom is -0.481 e. The predicted molar refractivity (Wildman–Crippen MR) is 58.3 cm³/mol. The number of carbonyl (C=O) groups is 1. The molecule has 4 heteroatoms. The van der Waals surface area contributed by atoms with E-state index in [1.165, 1.54) is 0 Å². The minimum atomic E-state index is -0.655. The first-order chi connectivity index (χ1) is 7.75. The Bertz CT molecular complexity index is 227. The zero-order valence-corrected chi connectivity index (χ0v) is 9.56. The highest BCUT2D eigenvalue weighted by molar-refractivity contribution is 5.70. The Hall–Kier alpha value is -0.610. The van der Waals surface area contributed by atoms with Crippen LogP contribution < -0.4 is 0 Å². The van der Waals surface area contributed by atoms with Crippen molar-refractivity contribution in [3.63, 3.8) is 0 Å². The summed E-state index contributed by atoms with van der Waals surface area (Å²) in [6, 6.07) is 0. The fourth-order valence-electron chi connectivity index (χ4n) is 2.50. The Morgan fingerprint density at radius 1 is 1.25 bits per heavy atom. The van der Waals surface area contributed by atoms with Crippen LogP contribution in [0.25, 0.3) is 0 Å². The smallest absolute Gasteiger partial charge is 0.306 e. The predicted octanol–water partition coefficient (Wildman–Crippen LogP) is 1.83. The molecule has 4 nitrogen and oxygen atoms in total. The average molecular weight is 228 g/mol. The second-order valence-electron chi connectivity index (χ2n) is 4.78. The lowest BCUT2D eigenvalue weighted by molar-refractivity contribution is -0.144. The monoisotopic (exact) mass is 228 g/mol. The molecule has 1 N–H and O–H groups in total. The van der Waals surface area contributed by atoms with E-state index < -0.39 is 5.97 Å². The van der Waals surface area contributed by atoms with Crippen molar-refractivity contribution in [3.8, 4) is 0 Å². The summed E-state index contributed by atoms with van der Waals surface area (Å²) in [6.45, 7) is 1.54. The summed E-state index contributed by atoms with van der Waals surface area (Å²) in [5.41, 5.74) is 0. The van der Waals surface area contributed by atoms with Crippen molar-refractivity contribution < 1.29 is 19.4 Å². The van der Waals surface area contributed by atoms with Crippen LogP contribution in [0.4, 0.5) is 0 Å². The van der Waals surface area contributed by atoms with Gasteiger partial charge in [0.15, 0.2) is 0 Å². The van der Waals surface area contributed by atoms with E-state index in [4.69, 9.17) is 14.6 Å². The first-order valence-corrected chi connectivity index (χ1v) is 6.21. The third-order valence-electron chi connectivity index (χ3n) is 3.57. The molecular weight excluding hydrogens is 208 g/mol. The van der Waals surface area contributed by atoms with Crippen LogP contribution in [0.2, 0.25) is 0 Å². The molecule has 0 spiro atoms. The van der Waals surface area contributed by atoms with Gasteiger partial charge in [-0.25, -0.2) is 0 Å². The first-order valence-electron chi connectivity index (χ1n) is 6.21. The lowest BCUT2D eigenvalue weighted by Gasteiger charge is -2.27. The molecule has 0 aromatic carbocycles. The first kappa shape index (κ1) is 11.9. The third-order valence-corrected chi connectivity index (χ3v) is 3.57. The lowest BCUT2D eigenvalue weighted by atomic mass is 9.87. The SMILES string of the molecule is O=C(O)C1CCC(OC[C@@H]2CCCO2)CC1. The lowest BCUT2D eigenvalue weighted by Crippen LogP contribution is -2.28. The molecule has 1 saturated heterocycles. The van der Waals surface area contributed by atoms with Crippen molar-refractivity contribution in [1.82, 2.24) is 0 Å². The molecule has 1 saturated carbocycles. The van der Waals surface area contributed by atoms with E-state index in [0.717, 1.165) is 45.1 Å². The summed E-state index contributed by atoms with van der Waals surface area (Å²) in [4.78, 5) is 10.8. The van der Waals surface area contributed by atoms with E-state index in [0.29, 0.717) is 6.61 Å². The van der Waals surface area contributed by atoms with Crippen molar-refractivity contribution in [2.24, 2.45) is 5.92 Å². The number of carboxylic acid groups (broad SMARTS) is 1. The van der Waals surface area contributed by atoms with Crippen molar-refractivity contribution >= 4 is 5.97 Å². The highest BCUT2D eigenvalue weighted by atomic mass is 16.5. The van der Waals surface area contributed by atoms with Crippen LogP contribution in [-0.4, -0.2) is 36.5 Å². The quantitative estimate of drug-likeness (QED) is 0.797. The number of rotatable bonds is 4. The highest BCUT2D eigenvalue weighted by Crippen LogP contribution is 2.27. The van der Waals surface area contributed by atoms with Crippen LogP contribution >= 0.6 is 0 Å². The molecule has 0 aromatic heterocycles. The molecule has 2 fully saturated rings. The molecule has 1 aliphatic carbocycles. The third kappa shape index (κ3) is 3.19. The van der Waals surface area contributed by atoms with E-state index in [1.807, 2.05) is 0 Å². The second kappa shape index (κ2) is 5.64. The highest BCUT2D eigenvalue weighted by Gasteiger charge is 2.27. The van der Waals surface area contributed by atoms with Crippen LogP contribution in [0.5, 0.6) is 0 Å². The minimum absolute atomic E-state index is 0.150. The maximum atomic E-state index is 10.8. The second-order valence-corrected chi connectivity index (χ2v) is 4.78. The summed E-state index contributed by atoms with van der Waals surface area (Å²) in [5.74, 6) is -0.805. The topological polar surface area (TPSA) is 55.8 Å². The molecular formula is C12H20O4. The van der Waals surface area contributed by atoms with Gasteiger partial charge in [0.2, 0.25) is 0 Å². The largest absolute Gasteiger partial charge is 0.481 e. The molecule has 1 aliphatic heterocycles. The van der Waals surface area contributed by atoms with Crippen LogP contribution in [-0.2, 0) is 14.3 Å². The van der Waals surface area contributed by atoms with Crippen LogP contribution in [0.15, 0.2) is 0 Å². The normalized spacial score (nSPS) is 35.1. The summed E-state index contributed by atoms with van der Waals surface area (Å²) >= 11 is 0. The van der Waals surface area contributed by atoms with Crippen molar-refractivity contribution in [2.45, 2.75) is 50.7 Å². The van der Waals surface area contributed by atoms with Gasteiger partial charge in [-0.05, 0) is 38.5 Å². The molecule has 92 valence electrons. The molecule has 0 unspecified atom stereocenters. The van der Waals surface area contributed by atoms with Crippen LogP contribution in [0.3, 0.4) is 0 Å². The van der Waals surface area contributed by atoms with Gasteiger partial charge in [-0.1, -0.05) is 0 Å². The van der Waals surface area contributed by atoms with Crippen molar-refractivity contribution in [1.29, 1.82) is 0 Å². The van der Waals surface area contributed by atoms with E-state index >= 15 is 0 Å². The summed E-state index contributed by atoms with van der Waals surface area (Å²) in [7, 11) is 0. The molecule has 2 rings (SSSR count). The van der Waals surface area contributed by atoms with Gasteiger partial charge in [-0.15, -0.1) is 0 Å². The standard InChI is InChI=1S/C12H20O4/c13-12(14)9-3-5-10(6-4-9)16-8-11-2-1-7-15-11/h9-11H,1-8H2,(H,13,14)/t9?,10?,11-/m0/s1. The van der Waals surface area contributed by atoms with Gasteiger partial charge in [-0.2, -0.15) is 0 Å². The van der Waals surface area contributed by atoms with E-state index in [-0.39, 0.29) is 18.1 Å². The fourth-order valence-corrected chi connectivity index (χ4v) is 2.50. The Kier molecular flexibility index (Phi) is 4.18. The molecule has 2 aliphatic rings. The van der Waals surface area contributed by atoms with Gasteiger partial charge in [0, 0.05) is 6.61 Å². The number of hydrogen-bond donors (Lipinski definition) is 1. The van der Waals surface area contributed by atoms with Gasteiger partial charge < -0.3 is 14.6 Å². The van der Waals surface area contributed by atoms with Crippen LogP contribution in [0, 0.1) is 5.92 Å². The fraction of sp³-hybridized carbons (Fsp3) is 0.917. The molecule has 16 heavy (non-hydrogen) atoms. The average Bonchev–Trinajstić information content (AvgIpc) is 2.80. The molecule has 1 atom stereocenters. The maximum absolute atomic E-state index is 10.8. The number of ether oxygens (including phenoxy) is 2. The summed E-state index contributed by atoms with van der Waals surface area (Å²) < 4.78 is 11.3. The number of carboxylic acids is 1. The van der Waals surface area contributed by atoms with E-state index in [9.17, 15) is 4.79 Å². The molecule has 0 bridgehead atoms. The Morgan fingerprint density at radius 3 is 2.56 bits per heavy atom. The van der Waals surface area contributed by atoms with Gasteiger partial charge in [0.25, 0.3) is 0 Å². The van der Waals surface area contributed by atoms with Crippen molar-refractivity contribution in [3.05, 3.63) is 0 Å². The number of aliphatic carboxylic acids is 1. The zero-order chi connectivity index (χ0) is 11.4. The Labute approximate surface area is 95.9 Å². The molecule has 0 aromatic rings. The summed E-state index contributed by atoms with van der Waals surface area (Å²) in [5, 5.41) is 8.87. The Morgan fingerprint density at radius 2 is 2.00 bits per heavy atom. The maximum Gasteiger partial charge on any atom is 0.306 e. The summed E-state index contributed by atoms with van der Waals surface area (Å²) in [6.07, 6.45) is 6.03. The van der Waals surface area contributed by atoms with Gasteiger partial charge in [0.1, 0.15) is 0 Å². The zero-order valence-electron chi connectivity index (χ0n) is 9.56. The molecule has 0 amide bonds. The number of hydrogen-bond acceptors (Lipinski definition) is 3. The molecule has 0 radical (unpaired) electrons. The Balaban J connectivity index is 1.63. The van der Waals surface area contributed by atoms with E-state index in [1.54, 1.807) is 0 Å². The van der Waals surface area contributed by atoms with Crippen molar-refractivity contribution in [2.75, 3.05) is 13.2 Å². The van der Waals surface area contributed by atoms with Gasteiger partial charge in [-0.3, -0.25) is 4.79 Å².